The van der Waals surface area contributed by atoms with E-state index in [-0.39, 0.29) is 10.8 Å². The third-order valence-electron chi connectivity index (χ3n) is 5.05. The van der Waals surface area contributed by atoms with Crippen LogP contribution in [0.15, 0.2) is 88.9 Å². The molecular formula is C24H22N6O3S. The summed E-state index contributed by atoms with van der Waals surface area (Å²) < 4.78 is 25.4. The minimum atomic E-state index is -3.88. The summed E-state index contributed by atoms with van der Waals surface area (Å²) in [5, 5.41) is 16.2. The lowest BCUT2D eigenvalue weighted by molar-refractivity contribution is 0.101. The van der Waals surface area contributed by atoms with E-state index in [1.165, 1.54) is 12.3 Å². The molecule has 0 atom stereocenters. The van der Waals surface area contributed by atoms with Gasteiger partial charge in [0.05, 0.1) is 22.5 Å². The van der Waals surface area contributed by atoms with E-state index in [0.29, 0.717) is 33.9 Å². The highest BCUT2D eigenvalue weighted by Gasteiger charge is 2.17. The van der Waals surface area contributed by atoms with Crippen molar-refractivity contribution in [3.8, 4) is 16.8 Å². The van der Waals surface area contributed by atoms with E-state index in [4.69, 9.17) is 11.0 Å². The molecule has 4 rings (SSSR count). The van der Waals surface area contributed by atoms with Crippen molar-refractivity contribution in [3.05, 3.63) is 95.8 Å². The van der Waals surface area contributed by atoms with Gasteiger partial charge in [-0.1, -0.05) is 42.5 Å². The maximum Gasteiger partial charge on any atom is 0.274 e. The van der Waals surface area contributed by atoms with Gasteiger partial charge in [-0.25, -0.2) is 18.2 Å². The molecule has 0 aliphatic carbocycles. The summed E-state index contributed by atoms with van der Waals surface area (Å²) in [6.45, 7) is 1.80. The Kier molecular flexibility index (Phi) is 6.26. The number of anilines is 1. The number of carbonyl (C=O) groups excluding carboxylic acids is 1. The van der Waals surface area contributed by atoms with Crippen molar-refractivity contribution in [1.29, 1.82) is 0 Å². The summed E-state index contributed by atoms with van der Waals surface area (Å²) >= 11 is 0. The Morgan fingerprint density at radius 2 is 1.76 bits per heavy atom. The zero-order valence-corrected chi connectivity index (χ0v) is 19.0. The number of sulfonamides is 1. The molecule has 0 radical (unpaired) electrons. The maximum absolute atomic E-state index is 13.1. The van der Waals surface area contributed by atoms with Crippen LogP contribution in [-0.4, -0.2) is 30.3 Å². The fourth-order valence-electron chi connectivity index (χ4n) is 3.56. The van der Waals surface area contributed by atoms with Crippen molar-refractivity contribution in [2.24, 2.45) is 16.1 Å². The smallest absolute Gasteiger partial charge is 0.274 e. The fraction of sp³-hybridized carbons (Fsp3) is 0.0417. The highest BCUT2D eigenvalue weighted by Crippen LogP contribution is 2.27. The molecule has 0 bridgehead atoms. The maximum atomic E-state index is 13.1. The highest BCUT2D eigenvalue weighted by molar-refractivity contribution is 7.89. The molecule has 0 saturated carbocycles. The zero-order valence-electron chi connectivity index (χ0n) is 18.2. The van der Waals surface area contributed by atoms with Gasteiger partial charge in [0.2, 0.25) is 10.0 Å². The third kappa shape index (κ3) is 4.87. The first-order valence-electron chi connectivity index (χ1n) is 10.2. The number of hydrazone groups is 1. The van der Waals surface area contributed by atoms with Gasteiger partial charge in [-0.3, -0.25) is 4.79 Å². The topological polar surface area (TPSA) is 145 Å². The summed E-state index contributed by atoms with van der Waals surface area (Å²) in [5.41, 5.74) is 4.16. The van der Waals surface area contributed by atoms with Gasteiger partial charge in [0.25, 0.3) is 5.91 Å². The molecule has 3 aromatic carbocycles. The van der Waals surface area contributed by atoms with E-state index in [9.17, 15) is 13.2 Å². The van der Waals surface area contributed by atoms with Gasteiger partial charge in [0.1, 0.15) is 5.69 Å². The predicted molar refractivity (Wildman–Crippen MR) is 131 cm³/mol. The van der Waals surface area contributed by atoms with E-state index < -0.39 is 10.0 Å². The van der Waals surface area contributed by atoms with Crippen LogP contribution in [0.1, 0.15) is 21.7 Å². The SMILES string of the molecule is Cc1cc(C(=O)Nc2ccc(-c3ccccc3S(N)(=O)=O)cc2)n(-c2cccc(/C=N/N)c2)n1. The molecule has 0 aliphatic heterocycles. The molecule has 0 saturated heterocycles. The summed E-state index contributed by atoms with van der Waals surface area (Å²) in [6, 6.07) is 22.3. The largest absolute Gasteiger partial charge is 0.323 e. The average molecular weight is 475 g/mol. The molecule has 1 aromatic heterocycles. The molecule has 4 aromatic rings. The van der Waals surface area contributed by atoms with Gasteiger partial charge in [0, 0.05) is 11.3 Å². The lowest BCUT2D eigenvalue weighted by Gasteiger charge is -2.11. The van der Waals surface area contributed by atoms with Crippen molar-refractivity contribution >= 4 is 27.8 Å². The molecule has 0 unspecified atom stereocenters. The second-order valence-electron chi connectivity index (χ2n) is 7.53. The van der Waals surface area contributed by atoms with Crippen molar-refractivity contribution in [3.63, 3.8) is 0 Å². The Morgan fingerprint density at radius 3 is 2.47 bits per heavy atom. The molecule has 1 amide bonds. The van der Waals surface area contributed by atoms with E-state index in [2.05, 4.69) is 15.5 Å². The number of aryl methyl sites for hydroxylation is 1. The van der Waals surface area contributed by atoms with Crippen LogP contribution in [0.5, 0.6) is 0 Å². The van der Waals surface area contributed by atoms with Crippen LogP contribution in [0.25, 0.3) is 16.8 Å². The molecule has 10 heteroatoms. The summed E-state index contributed by atoms with van der Waals surface area (Å²) in [6.07, 6.45) is 1.51. The normalized spacial score (nSPS) is 11.6. The first-order valence-corrected chi connectivity index (χ1v) is 11.7. The second-order valence-corrected chi connectivity index (χ2v) is 9.06. The number of primary sulfonamides is 1. The monoisotopic (exact) mass is 474 g/mol. The highest BCUT2D eigenvalue weighted by atomic mass is 32.2. The average Bonchev–Trinajstić information content (AvgIpc) is 3.21. The van der Waals surface area contributed by atoms with Gasteiger partial charge in [-0.2, -0.15) is 10.2 Å². The number of hydrogen-bond donors (Lipinski definition) is 3. The molecule has 34 heavy (non-hydrogen) atoms. The molecule has 172 valence electrons. The number of nitrogens with two attached hydrogens (primary N) is 2. The van der Waals surface area contributed by atoms with Gasteiger partial charge >= 0.3 is 0 Å². The first kappa shape index (κ1) is 22.9. The molecular weight excluding hydrogens is 452 g/mol. The number of rotatable bonds is 6. The Morgan fingerprint density at radius 1 is 1.03 bits per heavy atom. The minimum Gasteiger partial charge on any atom is -0.323 e. The predicted octanol–water partition coefficient (Wildman–Crippen LogP) is 3.04. The Bertz CT molecular complexity index is 1490. The summed E-state index contributed by atoms with van der Waals surface area (Å²) in [4.78, 5) is 13.1. The van der Waals surface area contributed by atoms with Crippen molar-refractivity contribution in [1.82, 2.24) is 9.78 Å². The van der Waals surface area contributed by atoms with Gasteiger partial charge in [0.15, 0.2) is 0 Å². The third-order valence-corrected chi connectivity index (χ3v) is 6.02. The van der Waals surface area contributed by atoms with Crippen molar-refractivity contribution in [2.45, 2.75) is 11.8 Å². The van der Waals surface area contributed by atoms with Crippen LogP contribution in [0.2, 0.25) is 0 Å². The van der Waals surface area contributed by atoms with Gasteiger partial charge < -0.3 is 11.2 Å². The summed E-state index contributed by atoms with van der Waals surface area (Å²) in [7, 11) is -3.88. The minimum absolute atomic E-state index is 0.0353. The Balaban J connectivity index is 1.60. The quantitative estimate of drug-likeness (QED) is 0.223. The lowest BCUT2D eigenvalue weighted by atomic mass is 10.1. The molecule has 0 fully saturated rings. The number of nitrogens with zero attached hydrogens (tertiary/aromatic N) is 3. The number of carbonyl (C=O) groups is 1. The van der Waals surface area contributed by atoms with Crippen LogP contribution in [-0.2, 0) is 10.0 Å². The number of nitrogens with one attached hydrogen (secondary N) is 1. The van der Waals surface area contributed by atoms with E-state index in [1.54, 1.807) is 60.1 Å². The molecule has 0 spiro atoms. The number of aromatic nitrogens is 2. The second kappa shape index (κ2) is 9.30. The standard InChI is InChI=1S/C24H22N6O3S/c1-16-13-22(30(29-16)20-6-4-5-17(14-20)15-27-25)24(31)28-19-11-9-18(10-12-19)21-7-2-3-8-23(21)34(26,32)33/h2-15H,25H2,1H3,(H,28,31)(H2,26,32,33)/b27-15+. The van der Waals surface area contributed by atoms with E-state index >= 15 is 0 Å². The van der Waals surface area contributed by atoms with Crippen LogP contribution < -0.4 is 16.3 Å². The van der Waals surface area contributed by atoms with Crippen LogP contribution in [0, 0.1) is 6.92 Å². The van der Waals surface area contributed by atoms with Crippen molar-refractivity contribution in [2.75, 3.05) is 5.32 Å². The zero-order chi connectivity index (χ0) is 24.3. The molecule has 5 N–H and O–H groups in total. The van der Waals surface area contributed by atoms with Crippen molar-refractivity contribution < 1.29 is 13.2 Å². The molecule has 0 aliphatic rings. The first-order chi connectivity index (χ1) is 16.3. The number of amides is 1. The van der Waals surface area contributed by atoms with Gasteiger partial charge in [-0.05, 0) is 54.4 Å². The van der Waals surface area contributed by atoms with Crippen LogP contribution in [0.3, 0.4) is 0 Å². The van der Waals surface area contributed by atoms with Gasteiger partial charge in [-0.15, -0.1) is 0 Å². The molecule has 1 heterocycles. The summed E-state index contributed by atoms with van der Waals surface area (Å²) in [5.74, 6) is 4.89. The van der Waals surface area contributed by atoms with Crippen LogP contribution in [0.4, 0.5) is 5.69 Å². The number of hydrogen-bond acceptors (Lipinski definition) is 6. The van der Waals surface area contributed by atoms with Crippen LogP contribution >= 0.6 is 0 Å². The molecule has 9 nitrogen and oxygen atoms in total. The fourth-order valence-corrected chi connectivity index (χ4v) is 4.32. The van der Waals surface area contributed by atoms with E-state index in [0.717, 1.165) is 5.56 Å². The Labute approximate surface area is 196 Å². The van der Waals surface area contributed by atoms with E-state index in [1.807, 2.05) is 24.3 Å². The Hall–Kier alpha value is -4.28. The number of benzene rings is 3. The lowest BCUT2D eigenvalue weighted by Crippen LogP contribution is -2.17.